The number of anilines is 2. The van der Waals surface area contributed by atoms with Gasteiger partial charge in [0.1, 0.15) is 0 Å². The number of carbonyl (C=O) groups is 5. The first kappa shape index (κ1) is 25.6. The number of imide groups is 1. The molecule has 0 unspecified atom stereocenters. The lowest BCUT2D eigenvalue weighted by Gasteiger charge is -2.19. The van der Waals surface area contributed by atoms with Gasteiger partial charge < -0.3 is 14.8 Å². The molecule has 198 valence electrons. The number of hydrogen-bond acceptors (Lipinski definition) is 7. The Morgan fingerprint density at radius 2 is 1.39 bits per heavy atom. The van der Waals surface area contributed by atoms with Gasteiger partial charge in [0.2, 0.25) is 11.8 Å². The maximum Gasteiger partial charge on any atom is 0.338 e. The fraction of sp³-hybridized carbons (Fsp3) is 0.414. The normalized spacial score (nSPS) is 23.3. The fourth-order valence-corrected chi connectivity index (χ4v) is 5.90. The average molecular weight is 519 g/mol. The van der Waals surface area contributed by atoms with Crippen molar-refractivity contribution in [3.05, 3.63) is 59.7 Å². The molecule has 5 rings (SSSR count). The highest BCUT2D eigenvalue weighted by molar-refractivity contribution is 6.22. The summed E-state index contributed by atoms with van der Waals surface area (Å²) in [5.74, 6) is -1.76. The molecule has 9 heteroatoms. The van der Waals surface area contributed by atoms with Crippen molar-refractivity contribution < 1.29 is 33.4 Å². The fourth-order valence-electron chi connectivity index (χ4n) is 5.90. The summed E-state index contributed by atoms with van der Waals surface area (Å²) in [7, 11) is 0. The van der Waals surface area contributed by atoms with Gasteiger partial charge in [-0.25, -0.2) is 9.59 Å². The van der Waals surface area contributed by atoms with Crippen LogP contribution < -0.4 is 10.2 Å². The first-order chi connectivity index (χ1) is 18.4. The van der Waals surface area contributed by atoms with E-state index in [-0.39, 0.29) is 29.2 Å². The van der Waals surface area contributed by atoms with E-state index in [4.69, 9.17) is 9.47 Å². The molecular formula is C29H30N2O7. The molecule has 2 saturated carbocycles. The van der Waals surface area contributed by atoms with Gasteiger partial charge >= 0.3 is 11.9 Å². The summed E-state index contributed by atoms with van der Waals surface area (Å²) in [6.45, 7) is 1.86. The SMILES string of the molecule is CCCCOC(=O)c1ccc(NC(=O)COC(=O)c2ccc(N3C(=O)[C@@H]4[C@H]5CC[C@@H](C5)[C@@H]4C3=O)cc2)cc1. The van der Waals surface area contributed by atoms with Crippen molar-refractivity contribution in [2.24, 2.45) is 23.7 Å². The van der Waals surface area contributed by atoms with Crippen LogP contribution in [0.25, 0.3) is 0 Å². The molecule has 38 heavy (non-hydrogen) atoms. The molecule has 1 N–H and O–H groups in total. The Morgan fingerprint density at radius 3 is 1.97 bits per heavy atom. The van der Waals surface area contributed by atoms with Gasteiger partial charge in [0.15, 0.2) is 6.61 Å². The maximum atomic E-state index is 13.0. The smallest absolute Gasteiger partial charge is 0.338 e. The number of fused-ring (bicyclic) bond motifs is 5. The van der Waals surface area contributed by atoms with Crippen LogP contribution >= 0.6 is 0 Å². The van der Waals surface area contributed by atoms with E-state index < -0.39 is 24.5 Å². The number of nitrogens with zero attached hydrogens (tertiary/aromatic N) is 1. The minimum atomic E-state index is -0.703. The number of benzene rings is 2. The van der Waals surface area contributed by atoms with E-state index in [1.54, 1.807) is 36.4 Å². The van der Waals surface area contributed by atoms with Crippen molar-refractivity contribution in [2.75, 3.05) is 23.4 Å². The molecular weight excluding hydrogens is 488 g/mol. The van der Waals surface area contributed by atoms with Crippen molar-refractivity contribution in [1.82, 2.24) is 0 Å². The maximum absolute atomic E-state index is 13.0. The van der Waals surface area contributed by atoms with E-state index in [1.165, 1.54) is 17.0 Å². The molecule has 2 bridgehead atoms. The van der Waals surface area contributed by atoms with E-state index in [0.717, 1.165) is 32.1 Å². The zero-order chi connectivity index (χ0) is 26.8. The highest BCUT2D eigenvalue weighted by Crippen LogP contribution is 2.56. The Kier molecular flexibility index (Phi) is 7.26. The van der Waals surface area contributed by atoms with E-state index in [1.807, 2.05) is 6.92 Å². The summed E-state index contributed by atoms with van der Waals surface area (Å²) in [5, 5.41) is 2.60. The molecule has 0 radical (unpaired) electrons. The summed E-state index contributed by atoms with van der Waals surface area (Å²) in [4.78, 5) is 63.9. The van der Waals surface area contributed by atoms with E-state index in [9.17, 15) is 24.0 Å². The van der Waals surface area contributed by atoms with E-state index >= 15 is 0 Å². The standard InChI is InChI=1S/C29H30N2O7/c1-2-3-14-37-28(35)17-6-10-21(11-7-17)30-23(32)16-38-29(36)18-8-12-22(13-9-18)31-26(33)24-19-4-5-20(15-19)25(24)27(31)34/h6-13,19-20,24-25H,2-5,14-16H2,1H3,(H,30,32)/t19-,20-,24-,25+/m0/s1. The molecule has 1 saturated heterocycles. The summed E-state index contributed by atoms with van der Waals surface area (Å²) in [6, 6.07) is 12.3. The minimum absolute atomic E-state index is 0.138. The van der Waals surface area contributed by atoms with Crippen LogP contribution in [-0.2, 0) is 23.9 Å². The average Bonchev–Trinajstić information content (AvgIpc) is 3.61. The van der Waals surface area contributed by atoms with Gasteiger partial charge in [-0.3, -0.25) is 19.3 Å². The monoisotopic (exact) mass is 518 g/mol. The summed E-state index contributed by atoms with van der Waals surface area (Å²) < 4.78 is 10.3. The Hall–Kier alpha value is -4.01. The van der Waals surface area contributed by atoms with Crippen LogP contribution in [0.5, 0.6) is 0 Å². The summed E-state index contributed by atoms with van der Waals surface area (Å²) in [5.41, 5.74) is 1.47. The van der Waals surface area contributed by atoms with Crippen LogP contribution in [-0.4, -0.2) is 42.9 Å². The van der Waals surface area contributed by atoms with Crippen LogP contribution in [0.4, 0.5) is 11.4 Å². The molecule has 3 fully saturated rings. The third-order valence-corrected chi connectivity index (χ3v) is 7.76. The Labute approximate surface area is 220 Å². The van der Waals surface area contributed by atoms with Crippen molar-refractivity contribution >= 4 is 41.0 Å². The number of rotatable bonds is 9. The molecule has 4 atom stereocenters. The second-order valence-electron chi connectivity index (χ2n) is 10.1. The molecule has 2 aromatic carbocycles. The van der Waals surface area contributed by atoms with Crippen LogP contribution in [0, 0.1) is 23.7 Å². The van der Waals surface area contributed by atoms with Gasteiger partial charge in [0.25, 0.3) is 5.91 Å². The second-order valence-corrected chi connectivity index (χ2v) is 10.1. The molecule has 3 aliphatic rings. The zero-order valence-corrected chi connectivity index (χ0v) is 21.2. The van der Waals surface area contributed by atoms with Crippen LogP contribution in [0.15, 0.2) is 48.5 Å². The topological polar surface area (TPSA) is 119 Å². The van der Waals surface area contributed by atoms with Crippen LogP contribution in [0.1, 0.15) is 59.7 Å². The van der Waals surface area contributed by atoms with Gasteiger partial charge in [-0.1, -0.05) is 13.3 Å². The number of carbonyl (C=O) groups excluding carboxylic acids is 5. The Morgan fingerprint density at radius 1 is 0.842 bits per heavy atom. The first-order valence-electron chi connectivity index (χ1n) is 13.1. The lowest BCUT2D eigenvalue weighted by Crippen LogP contribution is -2.32. The Balaban J connectivity index is 1.11. The third kappa shape index (κ3) is 4.92. The van der Waals surface area contributed by atoms with Gasteiger partial charge in [-0.05, 0) is 86.1 Å². The molecule has 0 aromatic heterocycles. The largest absolute Gasteiger partial charge is 0.462 e. The van der Waals surface area contributed by atoms with Crippen LogP contribution in [0.3, 0.4) is 0 Å². The Bertz CT molecular complexity index is 1230. The molecule has 9 nitrogen and oxygen atoms in total. The highest BCUT2D eigenvalue weighted by Gasteiger charge is 2.61. The predicted octanol–water partition coefficient (Wildman–Crippen LogP) is 3.97. The molecule has 3 amide bonds. The minimum Gasteiger partial charge on any atom is -0.462 e. The molecule has 0 spiro atoms. The quantitative estimate of drug-likeness (QED) is 0.303. The zero-order valence-electron chi connectivity index (χ0n) is 21.2. The molecule has 1 aliphatic heterocycles. The molecule has 1 heterocycles. The first-order valence-corrected chi connectivity index (χ1v) is 13.1. The number of hydrogen-bond donors (Lipinski definition) is 1. The number of nitrogens with one attached hydrogen (secondary N) is 1. The van der Waals surface area contributed by atoms with E-state index in [2.05, 4.69) is 5.32 Å². The van der Waals surface area contributed by atoms with Gasteiger partial charge in [0, 0.05) is 5.69 Å². The highest BCUT2D eigenvalue weighted by atomic mass is 16.5. The number of ether oxygens (including phenoxy) is 2. The molecule has 2 aliphatic carbocycles. The summed E-state index contributed by atoms with van der Waals surface area (Å²) >= 11 is 0. The van der Waals surface area contributed by atoms with Crippen molar-refractivity contribution in [1.29, 1.82) is 0 Å². The number of unbranched alkanes of at least 4 members (excludes halogenated alkanes) is 1. The van der Waals surface area contributed by atoms with Gasteiger partial charge in [0.05, 0.1) is 35.3 Å². The lowest BCUT2D eigenvalue weighted by atomic mass is 9.81. The predicted molar refractivity (Wildman–Crippen MR) is 137 cm³/mol. The molecule has 2 aromatic rings. The van der Waals surface area contributed by atoms with Crippen molar-refractivity contribution in [3.8, 4) is 0 Å². The van der Waals surface area contributed by atoms with Crippen LogP contribution in [0.2, 0.25) is 0 Å². The summed E-state index contributed by atoms with van der Waals surface area (Å²) in [6.07, 6.45) is 4.71. The number of esters is 2. The number of amides is 3. The van der Waals surface area contributed by atoms with Gasteiger partial charge in [-0.15, -0.1) is 0 Å². The van der Waals surface area contributed by atoms with E-state index in [0.29, 0.717) is 35.4 Å². The van der Waals surface area contributed by atoms with Gasteiger partial charge in [-0.2, -0.15) is 0 Å². The van der Waals surface area contributed by atoms with Crippen molar-refractivity contribution in [3.63, 3.8) is 0 Å². The third-order valence-electron chi connectivity index (χ3n) is 7.76. The second kappa shape index (κ2) is 10.8. The lowest BCUT2D eigenvalue weighted by molar-refractivity contribution is -0.123. The van der Waals surface area contributed by atoms with Crippen molar-refractivity contribution in [2.45, 2.75) is 39.0 Å².